The number of aromatic nitrogens is 1. The van der Waals surface area contributed by atoms with Crippen molar-refractivity contribution in [3.63, 3.8) is 0 Å². The number of halogens is 2. The lowest BCUT2D eigenvalue weighted by Crippen LogP contribution is -2.15. The SMILES string of the molecule is CN(Cc1cnc(Br)c(F)c1)c1ccoc1. The predicted octanol–water partition coefficient (Wildman–Crippen LogP) is 3.21. The number of hydrogen-bond donors (Lipinski definition) is 0. The Morgan fingerprint density at radius 2 is 2.38 bits per heavy atom. The lowest BCUT2D eigenvalue weighted by atomic mass is 10.2. The normalized spacial score (nSPS) is 10.4. The number of pyridine rings is 1. The monoisotopic (exact) mass is 284 g/mol. The summed E-state index contributed by atoms with van der Waals surface area (Å²) < 4.78 is 18.4. The van der Waals surface area contributed by atoms with Gasteiger partial charge < -0.3 is 9.32 Å². The zero-order valence-corrected chi connectivity index (χ0v) is 10.2. The van der Waals surface area contributed by atoms with E-state index in [1.165, 1.54) is 6.07 Å². The van der Waals surface area contributed by atoms with E-state index in [4.69, 9.17) is 4.42 Å². The Morgan fingerprint density at radius 1 is 1.56 bits per heavy atom. The van der Waals surface area contributed by atoms with Crippen LogP contribution in [0.5, 0.6) is 0 Å². The lowest BCUT2D eigenvalue weighted by molar-refractivity contribution is 0.566. The van der Waals surface area contributed by atoms with E-state index in [9.17, 15) is 4.39 Å². The zero-order chi connectivity index (χ0) is 11.5. The molecule has 0 aliphatic heterocycles. The highest BCUT2D eigenvalue weighted by atomic mass is 79.9. The van der Waals surface area contributed by atoms with Crippen molar-refractivity contribution < 1.29 is 8.81 Å². The first-order valence-corrected chi connectivity index (χ1v) is 5.49. The van der Waals surface area contributed by atoms with Gasteiger partial charge >= 0.3 is 0 Å². The fraction of sp³-hybridized carbons (Fsp3) is 0.182. The van der Waals surface area contributed by atoms with Crippen molar-refractivity contribution in [3.05, 3.63) is 46.8 Å². The number of rotatable bonds is 3. The minimum atomic E-state index is -0.349. The molecular weight excluding hydrogens is 275 g/mol. The third-order valence-electron chi connectivity index (χ3n) is 2.22. The number of anilines is 1. The van der Waals surface area contributed by atoms with Crippen molar-refractivity contribution in [2.75, 3.05) is 11.9 Å². The first-order chi connectivity index (χ1) is 7.66. The summed E-state index contributed by atoms with van der Waals surface area (Å²) in [6.07, 6.45) is 4.89. The van der Waals surface area contributed by atoms with Gasteiger partial charge in [0.2, 0.25) is 0 Å². The van der Waals surface area contributed by atoms with Gasteiger partial charge in [0.1, 0.15) is 10.9 Å². The molecule has 0 aliphatic rings. The van der Waals surface area contributed by atoms with Crippen LogP contribution in [0.15, 0.2) is 39.9 Å². The molecule has 2 heterocycles. The van der Waals surface area contributed by atoms with Crippen LogP contribution in [0.1, 0.15) is 5.56 Å². The van der Waals surface area contributed by atoms with Gasteiger partial charge in [-0.1, -0.05) is 0 Å². The molecule has 0 N–H and O–H groups in total. The number of hydrogen-bond acceptors (Lipinski definition) is 3. The third kappa shape index (κ3) is 2.41. The Hall–Kier alpha value is -1.36. The highest BCUT2D eigenvalue weighted by Gasteiger charge is 2.06. The van der Waals surface area contributed by atoms with Crippen LogP contribution in [0, 0.1) is 5.82 Å². The van der Waals surface area contributed by atoms with Crippen LogP contribution >= 0.6 is 15.9 Å². The molecule has 0 bridgehead atoms. The Balaban J connectivity index is 2.12. The van der Waals surface area contributed by atoms with E-state index in [0.717, 1.165) is 11.3 Å². The van der Waals surface area contributed by atoms with E-state index in [1.54, 1.807) is 18.7 Å². The summed E-state index contributed by atoms with van der Waals surface area (Å²) in [6, 6.07) is 3.32. The molecule has 5 heteroatoms. The molecular formula is C11H10BrFN2O. The Kier molecular flexibility index (Phi) is 3.24. The Bertz CT molecular complexity index is 473. The second-order valence-corrected chi connectivity index (χ2v) is 4.20. The fourth-order valence-corrected chi connectivity index (χ4v) is 1.60. The molecule has 0 aromatic carbocycles. The van der Waals surface area contributed by atoms with Crippen molar-refractivity contribution >= 4 is 21.6 Å². The average Bonchev–Trinajstić information content (AvgIpc) is 2.77. The van der Waals surface area contributed by atoms with Gasteiger partial charge in [-0.3, -0.25) is 0 Å². The van der Waals surface area contributed by atoms with Crippen LogP contribution in [0.3, 0.4) is 0 Å². The van der Waals surface area contributed by atoms with Gasteiger partial charge in [0.15, 0.2) is 5.82 Å². The minimum absolute atomic E-state index is 0.238. The first kappa shape index (κ1) is 11.1. The van der Waals surface area contributed by atoms with Gasteiger partial charge in [-0.05, 0) is 33.6 Å². The van der Waals surface area contributed by atoms with Crippen LogP contribution in [-0.4, -0.2) is 12.0 Å². The molecule has 0 saturated heterocycles. The summed E-state index contributed by atoms with van der Waals surface area (Å²) in [5.74, 6) is -0.349. The minimum Gasteiger partial charge on any atom is -0.470 e. The third-order valence-corrected chi connectivity index (χ3v) is 2.80. The summed E-state index contributed by atoms with van der Waals surface area (Å²) in [4.78, 5) is 5.86. The largest absolute Gasteiger partial charge is 0.470 e. The molecule has 84 valence electrons. The van der Waals surface area contributed by atoms with E-state index in [2.05, 4.69) is 20.9 Å². The maximum Gasteiger partial charge on any atom is 0.156 e. The van der Waals surface area contributed by atoms with E-state index >= 15 is 0 Å². The molecule has 2 aromatic rings. The van der Waals surface area contributed by atoms with Gasteiger partial charge in [0, 0.05) is 19.8 Å². The molecule has 2 aromatic heterocycles. The van der Waals surface area contributed by atoms with Gasteiger partial charge in [-0.25, -0.2) is 9.37 Å². The second-order valence-electron chi connectivity index (χ2n) is 3.45. The van der Waals surface area contributed by atoms with Crippen LogP contribution < -0.4 is 4.90 Å². The molecule has 0 spiro atoms. The molecule has 16 heavy (non-hydrogen) atoms. The molecule has 0 saturated carbocycles. The van der Waals surface area contributed by atoms with Crippen molar-refractivity contribution in [2.45, 2.75) is 6.54 Å². The average molecular weight is 285 g/mol. The summed E-state index contributed by atoms with van der Waals surface area (Å²) in [5.41, 5.74) is 1.76. The summed E-state index contributed by atoms with van der Waals surface area (Å²) in [6.45, 7) is 0.580. The lowest BCUT2D eigenvalue weighted by Gasteiger charge is -2.16. The molecule has 3 nitrogen and oxygen atoms in total. The highest BCUT2D eigenvalue weighted by Crippen LogP contribution is 2.17. The fourth-order valence-electron chi connectivity index (χ4n) is 1.39. The first-order valence-electron chi connectivity index (χ1n) is 4.70. The van der Waals surface area contributed by atoms with Crippen LogP contribution in [0.25, 0.3) is 0 Å². The molecule has 0 unspecified atom stereocenters. The zero-order valence-electron chi connectivity index (χ0n) is 8.65. The standard InChI is InChI=1S/C11H10BrFN2O/c1-15(9-2-3-16-7-9)6-8-4-10(13)11(12)14-5-8/h2-5,7H,6H2,1H3. The van der Waals surface area contributed by atoms with E-state index < -0.39 is 0 Å². The van der Waals surface area contributed by atoms with E-state index in [0.29, 0.717) is 6.54 Å². The molecule has 0 radical (unpaired) electrons. The van der Waals surface area contributed by atoms with E-state index in [1.807, 2.05) is 18.0 Å². The Labute approximate surface area is 101 Å². The number of furan rings is 1. The molecule has 0 atom stereocenters. The van der Waals surface area contributed by atoms with Crippen molar-refractivity contribution in [1.29, 1.82) is 0 Å². The quantitative estimate of drug-likeness (QED) is 0.811. The topological polar surface area (TPSA) is 29.3 Å². The van der Waals surface area contributed by atoms with Crippen LogP contribution in [-0.2, 0) is 6.54 Å². The predicted molar refractivity (Wildman–Crippen MR) is 62.7 cm³/mol. The Morgan fingerprint density at radius 3 is 3.00 bits per heavy atom. The maximum absolute atomic E-state index is 13.2. The molecule has 0 aliphatic carbocycles. The summed E-state index contributed by atoms with van der Waals surface area (Å²) in [7, 11) is 1.91. The summed E-state index contributed by atoms with van der Waals surface area (Å²) >= 11 is 3.02. The molecule has 0 fully saturated rings. The smallest absolute Gasteiger partial charge is 0.156 e. The maximum atomic E-state index is 13.2. The van der Waals surface area contributed by atoms with Gasteiger partial charge in [0.25, 0.3) is 0 Å². The van der Waals surface area contributed by atoms with E-state index in [-0.39, 0.29) is 10.4 Å². The number of nitrogens with zero attached hydrogens (tertiary/aromatic N) is 2. The van der Waals surface area contributed by atoms with Crippen molar-refractivity contribution in [3.8, 4) is 0 Å². The molecule has 2 rings (SSSR count). The molecule has 0 amide bonds. The van der Waals surface area contributed by atoms with Gasteiger partial charge in [-0.2, -0.15) is 0 Å². The van der Waals surface area contributed by atoms with Gasteiger partial charge in [0.05, 0.1) is 12.0 Å². The van der Waals surface area contributed by atoms with Crippen LogP contribution in [0.4, 0.5) is 10.1 Å². The second kappa shape index (κ2) is 4.65. The van der Waals surface area contributed by atoms with Gasteiger partial charge in [-0.15, -0.1) is 0 Å². The van der Waals surface area contributed by atoms with Crippen molar-refractivity contribution in [1.82, 2.24) is 4.98 Å². The summed E-state index contributed by atoms with van der Waals surface area (Å²) in [5, 5.41) is 0. The van der Waals surface area contributed by atoms with Crippen LogP contribution in [0.2, 0.25) is 0 Å². The van der Waals surface area contributed by atoms with Crippen molar-refractivity contribution in [2.24, 2.45) is 0 Å². The highest BCUT2D eigenvalue weighted by molar-refractivity contribution is 9.10.